The van der Waals surface area contributed by atoms with Crippen LogP contribution in [0.2, 0.25) is 0 Å². The predicted molar refractivity (Wildman–Crippen MR) is 142 cm³/mol. The van der Waals surface area contributed by atoms with Crippen LogP contribution in [0.1, 0.15) is 31.4 Å². The van der Waals surface area contributed by atoms with Gasteiger partial charge < -0.3 is 21.3 Å². The van der Waals surface area contributed by atoms with Gasteiger partial charge in [0.25, 0.3) is 0 Å². The van der Waals surface area contributed by atoms with Gasteiger partial charge in [0.05, 0.1) is 0 Å². The number of anilines is 2. The van der Waals surface area contributed by atoms with E-state index in [1.807, 2.05) is 12.4 Å². The highest BCUT2D eigenvalue weighted by atomic mass is 19.4. The monoisotopic (exact) mass is 546 g/mol. The van der Waals surface area contributed by atoms with Gasteiger partial charge in [0.2, 0.25) is 11.9 Å². The average molecular weight is 547 g/mol. The lowest BCUT2D eigenvalue weighted by molar-refractivity contribution is -0.141. The molecule has 0 radical (unpaired) electrons. The average Bonchev–Trinajstić information content (AvgIpc) is 2.92. The number of hydrogen-bond acceptors (Lipinski definition) is 8. The first-order chi connectivity index (χ1) is 18.8. The van der Waals surface area contributed by atoms with Gasteiger partial charge in [-0.2, -0.15) is 13.2 Å². The summed E-state index contributed by atoms with van der Waals surface area (Å²) in [7, 11) is 0. The van der Waals surface area contributed by atoms with Crippen LogP contribution < -0.4 is 21.3 Å². The Balaban J connectivity index is 0.000000187. The normalized spacial score (nSPS) is 16.5. The summed E-state index contributed by atoms with van der Waals surface area (Å²) in [5.74, 6) is 1.87. The molecule has 2 aromatic heterocycles. The van der Waals surface area contributed by atoms with E-state index >= 15 is 0 Å². The Hall–Kier alpha value is -3.38. The number of halogens is 4. The molecule has 0 amide bonds. The standard InChI is InChI=1S/C17H21FN4.C10H13F3N4/c18-16-3-1-14(2-4-16)15-11-20-17(21-12-15)22-9-6-13(5-8-19)7-10-22;11-10(12,13)8-2-4-15-9(16-8)17-5-7(6-17)1-3-14/h1-4,11-13H,5-10,19H2;2,4,7H,1,3,5-6,14H2. The quantitative estimate of drug-likeness (QED) is 0.426. The molecule has 5 rings (SSSR count). The first-order valence-corrected chi connectivity index (χ1v) is 13.1. The third-order valence-corrected chi connectivity index (χ3v) is 7.04. The minimum Gasteiger partial charge on any atom is -0.341 e. The van der Waals surface area contributed by atoms with E-state index in [0.717, 1.165) is 80.6 Å². The Morgan fingerprint density at radius 1 is 0.769 bits per heavy atom. The van der Waals surface area contributed by atoms with Gasteiger partial charge in [-0.25, -0.2) is 24.3 Å². The molecule has 12 heteroatoms. The van der Waals surface area contributed by atoms with Gasteiger partial charge in [0.15, 0.2) is 0 Å². The Morgan fingerprint density at radius 3 is 1.97 bits per heavy atom. The second-order valence-electron chi connectivity index (χ2n) is 9.87. The molecule has 2 saturated heterocycles. The zero-order chi connectivity index (χ0) is 27.8. The molecule has 39 heavy (non-hydrogen) atoms. The molecule has 0 bridgehead atoms. The number of benzene rings is 1. The first kappa shape index (κ1) is 28.6. The minimum absolute atomic E-state index is 0.146. The summed E-state index contributed by atoms with van der Waals surface area (Å²) in [5.41, 5.74) is 12.0. The van der Waals surface area contributed by atoms with Crippen molar-refractivity contribution in [3.8, 4) is 11.1 Å². The third-order valence-electron chi connectivity index (χ3n) is 7.04. The summed E-state index contributed by atoms with van der Waals surface area (Å²) < 4.78 is 50.2. The van der Waals surface area contributed by atoms with Crippen LogP contribution in [0.15, 0.2) is 48.9 Å². The van der Waals surface area contributed by atoms with Gasteiger partial charge in [0.1, 0.15) is 11.5 Å². The Labute approximate surface area is 225 Å². The number of aromatic nitrogens is 4. The lowest BCUT2D eigenvalue weighted by atomic mass is 9.94. The van der Waals surface area contributed by atoms with E-state index in [1.165, 1.54) is 12.1 Å². The van der Waals surface area contributed by atoms with Gasteiger partial charge in [0, 0.05) is 50.3 Å². The summed E-state index contributed by atoms with van der Waals surface area (Å²) >= 11 is 0. The molecule has 3 aromatic rings. The second-order valence-corrected chi connectivity index (χ2v) is 9.87. The smallest absolute Gasteiger partial charge is 0.341 e. The fraction of sp³-hybridized carbons (Fsp3) is 0.481. The lowest BCUT2D eigenvalue weighted by Crippen LogP contribution is -2.48. The SMILES string of the molecule is NCCC1CCN(c2ncc(-c3ccc(F)cc3)cn2)CC1.NCCC1CN(c2nccc(C(F)(F)F)n2)C1. The van der Waals surface area contributed by atoms with Crippen molar-refractivity contribution in [2.24, 2.45) is 23.3 Å². The fourth-order valence-corrected chi connectivity index (χ4v) is 4.74. The van der Waals surface area contributed by atoms with Crippen LogP contribution in [0.3, 0.4) is 0 Å². The zero-order valence-electron chi connectivity index (χ0n) is 21.7. The number of hydrogen-bond donors (Lipinski definition) is 2. The van der Waals surface area contributed by atoms with Crippen molar-refractivity contribution in [3.05, 3.63) is 60.4 Å². The molecule has 4 N–H and O–H groups in total. The molecule has 1 aromatic carbocycles. The van der Waals surface area contributed by atoms with Crippen LogP contribution in [0.4, 0.5) is 29.5 Å². The highest BCUT2D eigenvalue weighted by Gasteiger charge is 2.35. The molecular formula is C27H34F4N8. The van der Waals surface area contributed by atoms with Crippen LogP contribution in [-0.4, -0.2) is 59.2 Å². The molecule has 0 spiro atoms. The fourth-order valence-electron chi connectivity index (χ4n) is 4.74. The topological polar surface area (TPSA) is 110 Å². The van der Waals surface area contributed by atoms with Gasteiger partial charge in [-0.15, -0.1) is 0 Å². The Kier molecular flexibility index (Phi) is 9.63. The zero-order valence-corrected chi connectivity index (χ0v) is 21.7. The third kappa shape index (κ3) is 7.82. The van der Waals surface area contributed by atoms with Crippen molar-refractivity contribution < 1.29 is 17.6 Å². The Bertz CT molecular complexity index is 1160. The van der Waals surface area contributed by atoms with Gasteiger partial charge >= 0.3 is 6.18 Å². The Morgan fingerprint density at radius 2 is 1.38 bits per heavy atom. The number of nitrogens with two attached hydrogens (primary N) is 2. The predicted octanol–water partition coefficient (Wildman–Crippen LogP) is 4.13. The van der Waals surface area contributed by atoms with Crippen molar-refractivity contribution in [1.29, 1.82) is 0 Å². The van der Waals surface area contributed by atoms with E-state index in [2.05, 4.69) is 24.8 Å². The van der Waals surface area contributed by atoms with Crippen molar-refractivity contribution in [2.75, 3.05) is 49.1 Å². The highest BCUT2D eigenvalue weighted by Crippen LogP contribution is 2.30. The maximum atomic E-state index is 13.0. The summed E-state index contributed by atoms with van der Waals surface area (Å²) in [6.07, 6.45) is 4.64. The molecule has 0 saturated carbocycles. The molecule has 0 atom stereocenters. The van der Waals surface area contributed by atoms with E-state index in [1.54, 1.807) is 17.0 Å². The van der Waals surface area contributed by atoms with Gasteiger partial charge in [-0.3, -0.25) is 0 Å². The molecule has 4 heterocycles. The molecule has 2 aliphatic rings. The van der Waals surface area contributed by atoms with Gasteiger partial charge in [-0.05, 0) is 74.4 Å². The number of nitrogens with zero attached hydrogens (tertiary/aromatic N) is 6. The lowest BCUT2D eigenvalue weighted by Gasteiger charge is -2.39. The van der Waals surface area contributed by atoms with E-state index < -0.39 is 11.9 Å². The highest BCUT2D eigenvalue weighted by molar-refractivity contribution is 5.61. The molecule has 8 nitrogen and oxygen atoms in total. The second kappa shape index (κ2) is 13.1. The minimum atomic E-state index is -4.42. The van der Waals surface area contributed by atoms with E-state index in [4.69, 9.17) is 11.5 Å². The van der Waals surface area contributed by atoms with E-state index in [-0.39, 0.29) is 11.8 Å². The van der Waals surface area contributed by atoms with Crippen molar-refractivity contribution in [3.63, 3.8) is 0 Å². The molecule has 2 aliphatic heterocycles. The molecule has 0 unspecified atom stereocenters. The summed E-state index contributed by atoms with van der Waals surface area (Å²) in [6, 6.07) is 7.26. The van der Waals surface area contributed by atoms with Crippen molar-refractivity contribution >= 4 is 11.9 Å². The number of alkyl halides is 3. The summed E-state index contributed by atoms with van der Waals surface area (Å²) in [5, 5.41) is 0. The van der Waals surface area contributed by atoms with E-state index in [9.17, 15) is 17.6 Å². The van der Waals surface area contributed by atoms with Crippen LogP contribution in [0.25, 0.3) is 11.1 Å². The molecule has 0 aliphatic carbocycles. The first-order valence-electron chi connectivity index (χ1n) is 13.1. The number of rotatable bonds is 7. The van der Waals surface area contributed by atoms with E-state index in [0.29, 0.717) is 25.6 Å². The number of piperidine rings is 1. The van der Waals surface area contributed by atoms with Crippen molar-refractivity contribution in [2.45, 2.75) is 31.9 Å². The van der Waals surface area contributed by atoms with Crippen LogP contribution >= 0.6 is 0 Å². The maximum Gasteiger partial charge on any atom is 0.433 e. The summed E-state index contributed by atoms with van der Waals surface area (Å²) in [4.78, 5) is 20.3. The molecule has 210 valence electrons. The molecular weight excluding hydrogens is 512 g/mol. The van der Waals surface area contributed by atoms with Gasteiger partial charge in [-0.1, -0.05) is 12.1 Å². The van der Waals surface area contributed by atoms with Crippen molar-refractivity contribution in [1.82, 2.24) is 19.9 Å². The van der Waals surface area contributed by atoms with Crippen LogP contribution in [-0.2, 0) is 6.18 Å². The van der Waals surface area contributed by atoms with Crippen LogP contribution in [0, 0.1) is 17.7 Å². The van der Waals surface area contributed by atoms with Crippen LogP contribution in [0.5, 0.6) is 0 Å². The maximum absolute atomic E-state index is 13.0. The largest absolute Gasteiger partial charge is 0.433 e. The molecule has 2 fully saturated rings. The summed E-state index contributed by atoms with van der Waals surface area (Å²) in [6.45, 7) is 4.70.